The Bertz CT molecular complexity index is 586. The Balaban J connectivity index is 2.48. The molecule has 1 atom stereocenters. The normalized spacial score (nSPS) is 11.9. The first-order chi connectivity index (χ1) is 8.24. The highest BCUT2D eigenvalue weighted by molar-refractivity contribution is 5.84. The maximum atomic E-state index is 10.2. The fourth-order valence-corrected chi connectivity index (χ4v) is 1.78. The van der Waals surface area contributed by atoms with Gasteiger partial charge in [-0.25, -0.2) is 4.79 Å². The number of ether oxygens (including phenoxy) is 1. The maximum absolute atomic E-state index is 10.2. The van der Waals surface area contributed by atoms with E-state index in [0.29, 0.717) is 0 Å². The summed E-state index contributed by atoms with van der Waals surface area (Å²) in [6.07, 6.45) is 1.59. The summed E-state index contributed by atoms with van der Waals surface area (Å²) in [6, 6.07) is 11.7. The molecule has 0 amide bonds. The zero-order chi connectivity index (χ0) is 12.3. The third kappa shape index (κ3) is 2.35. The highest BCUT2D eigenvalue weighted by atomic mass is 16.5. The second kappa shape index (κ2) is 4.81. The molecule has 0 unspecified atom stereocenters. The summed E-state index contributed by atoms with van der Waals surface area (Å²) < 4.78 is 5.17. The second-order valence-corrected chi connectivity index (χ2v) is 3.87. The van der Waals surface area contributed by atoms with Gasteiger partial charge in [-0.15, -0.1) is 0 Å². The third-order valence-electron chi connectivity index (χ3n) is 2.80. The van der Waals surface area contributed by atoms with E-state index in [-0.39, 0.29) is 6.04 Å². The summed E-state index contributed by atoms with van der Waals surface area (Å²) in [7, 11) is 1.65. The topological polar surface area (TPSA) is 38.7 Å². The van der Waals surface area contributed by atoms with E-state index in [1.807, 2.05) is 43.3 Å². The van der Waals surface area contributed by atoms with Crippen molar-refractivity contribution in [1.82, 2.24) is 0 Å². The molecular formula is C14H13NO2. The standard InChI is InChI=1S/C14H13NO2/c1-10(15-9-16)11-3-4-13-8-14(17-2)6-5-12(13)7-11/h3-8,10H,1-2H3/t10-/m0/s1. The first-order valence-corrected chi connectivity index (χ1v) is 5.39. The maximum Gasteiger partial charge on any atom is 0.235 e. The Morgan fingerprint density at radius 3 is 2.59 bits per heavy atom. The largest absolute Gasteiger partial charge is 0.497 e. The molecule has 0 aliphatic heterocycles. The zero-order valence-corrected chi connectivity index (χ0v) is 9.81. The monoisotopic (exact) mass is 227 g/mol. The molecule has 86 valence electrons. The molecule has 3 heteroatoms. The SMILES string of the molecule is COc1ccc2cc([C@H](C)N=C=O)ccc2c1. The Labute approximate surface area is 99.7 Å². The molecule has 0 aliphatic rings. The molecule has 17 heavy (non-hydrogen) atoms. The molecular weight excluding hydrogens is 214 g/mol. The summed E-state index contributed by atoms with van der Waals surface area (Å²) in [5.41, 5.74) is 1.01. The minimum absolute atomic E-state index is 0.154. The summed E-state index contributed by atoms with van der Waals surface area (Å²) in [5.74, 6) is 0.837. The van der Waals surface area contributed by atoms with Gasteiger partial charge in [0.25, 0.3) is 0 Å². The van der Waals surface area contributed by atoms with Gasteiger partial charge in [-0.3, -0.25) is 0 Å². The molecule has 0 fully saturated rings. The van der Waals surface area contributed by atoms with Crippen molar-refractivity contribution in [3.63, 3.8) is 0 Å². The number of methoxy groups -OCH3 is 1. The smallest absolute Gasteiger partial charge is 0.235 e. The van der Waals surface area contributed by atoms with Gasteiger partial charge in [-0.05, 0) is 41.5 Å². The van der Waals surface area contributed by atoms with Crippen LogP contribution in [0.1, 0.15) is 18.5 Å². The third-order valence-corrected chi connectivity index (χ3v) is 2.80. The number of aliphatic imine (C=N–C) groups is 1. The number of isocyanates is 1. The number of hydrogen-bond acceptors (Lipinski definition) is 3. The average Bonchev–Trinajstić information content (AvgIpc) is 2.37. The number of hydrogen-bond donors (Lipinski definition) is 0. The van der Waals surface area contributed by atoms with Crippen LogP contribution in [0.4, 0.5) is 0 Å². The van der Waals surface area contributed by atoms with E-state index in [0.717, 1.165) is 22.1 Å². The van der Waals surface area contributed by atoms with Crippen molar-refractivity contribution < 1.29 is 9.53 Å². The van der Waals surface area contributed by atoms with E-state index >= 15 is 0 Å². The first kappa shape index (κ1) is 11.4. The molecule has 2 aromatic rings. The van der Waals surface area contributed by atoms with Gasteiger partial charge in [-0.2, -0.15) is 4.99 Å². The van der Waals surface area contributed by atoms with Crippen LogP contribution in [-0.4, -0.2) is 13.2 Å². The van der Waals surface area contributed by atoms with E-state index < -0.39 is 0 Å². The van der Waals surface area contributed by atoms with Gasteiger partial charge >= 0.3 is 0 Å². The van der Waals surface area contributed by atoms with E-state index in [1.54, 1.807) is 13.2 Å². The fraction of sp³-hybridized carbons (Fsp3) is 0.214. The van der Waals surface area contributed by atoms with Crippen LogP contribution in [0.2, 0.25) is 0 Å². The number of fused-ring (bicyclic) bond motifs is 1. The highest BCUT2D eigenvalue weighted by Gasteiger charge is 2.04. The van der Waals surface area contributed by atoms with Gasteiger partial charge < -0.3 is 4.74 Å². The number of benzene rings is 2. The first-order valence-electron chi connectivity index (χ1n) is 5.39. The van der Waals surface area contributed by atoms with Gasteiger partial charge in [0.2, 0.25) is 6.08 Å². The molecule has 0 bridgehead atoms. The van der Waals surface area contributed by atoms with Crippen LogP contribution in [0.5, 0.6) is 5.75 Å². The van der Waals surface area contributed by atoms with E-state index in [9.17, 15) is 4.79 Å². The molecule has 0 saturated carbocycles. The molecule has 3 nitrogen and oxygen atoms in total. The average molecular weight is 227 g/mol. The Hall–Kier alpha value is -2.12. The van der Waals surface area contributed by atoms with Gasteiger partial charge in [-0.1, -0.05) is 18.2 Å². The Morgan fingerprint density at radius 2 is 1.88 bits per heavy atom. The minimum Gasteiger partial charge on any atom is -0.497 e. The van der Waals surface area contributed by atoms with Crippen LogP contribution in [0.3, 0.4) is 0 Å². The molecule has 0 spiro atoms. The lowest BCUT2D eigenvalue weighted by atomic mass is 10.0. The molecule has 0 saturated heterocycles. The van der Waals surface area contributed by atoms with Crippen LogP contribution in [-0.2, 0) is 4.79 Å². The van der Waals surface area contributed by atoms with Crippen LogP contribution >= 0.6 is 0 Å². The van der Waals surface area contributed by atoms with Crippen molar-refractivity contribution in [1.29, 1.82) is 0 Å². The summed E-state index contributed by atoms with van der Waals surface area (Å²) in [6.45, 7) is 1.87. The second-order valence-electron chi connectivity index (χ2n) is 3.87. The lowest BCUT2D eigenvalue weighted by Gasteiger charge is -2.07. The lowest BCUT2D eigenvalue weighted by Crippen LogP contribution is -1.89. The van der Waals surface area contributed by atoms with Crippen LogP contribution in [0, 0.1) is 0 Å². The predicted octanol–water partition coefficient (Wildman–Crippen LogP) is 3.25. The molecule has 0 N–H and O–H groups in total. The Morgan fingerprint density at radius 1 is 1.18 bits per heavy atom. The number of carbonyl (C=O) groups excluding carboxylic acids is 1. The number of nitrogens with zero attached hydrogens (tertiary/aromatic N) is 1. The van der Waals surface area contributed by atoms with Crippen molar-refractivity contribution in [2.24, 2.45) is 4.99 Å². The molecule has 0 heterocycles. The lowest BCUT2D eigenvalue weighted by molar-refractivity contribution is 0.415. The van der Waals surface area contributed by atoms with Gasteiger partial charge in [0.15, 0.2) is 0 Å². The summed E-state index contributed by atoms with van der Waals surface area (Å²) in [4.78, 5) is 13.9. The molecule has 0 aromatic heterocycles. The molecule has 0 radical (unpaired) electrons. The highest BCUT2D eigenvalue weighted by Crippen LogP contribution is 2.25. The molecule has 2 aromatic carbocycles. The predicted molar refractivity (Wildman–Crippen MR) is 67.0 cm³/mol. The van der Waals surface area contributed by atoms with Crippen molar-refractivity contribution in [3.05, 3.63) is 42.0 Å². The van der Waals surface area contributed by atoms with Crippen LogP contribution in [0.15, 0.2) is 41.4 Å². The van der Waals surface area contributed by atoms with Crippen molar-refractivity contribution in [3.8, 4) is 5.75 Å². The van der Waals surface area contributed by atoms with Gasteiger partial charge in [0.05, 0.1) is 13.2 Å². The van der Waals surface area contributed by atoms with E-state index in [4.69, 9.17) is 4.74 Å². The summed E-state index contributed by atoms with van der Waals surface area (Å²) >= 11 is 0. The molecule has 2 rings (SSSR count). The fourth-order valence-electron chi connectivity index (χ4n) is 1.78. The Kier molecular flexibility index (Phi) is 3.22. The summed E-state index contributed by atoms with van der Waals surface area (Å²) in [5, 5.41) is 2.21. The number of rotatable bonds is 3. The molecule has 0 aliphatic carbocycles. The van der Waals surface area contributed by atoms with Gasteiger partial charge in [0.1, 0.15) is 5.75 Å². The van der Waals surface area contributed by atoms with Gasteiger partial charge in [0, 0.05) is 0 Å². The van der Waals surface area contributed by atoms with Crippen LogP contribution in [0.25, 0.3) is 10.8 Å². The van der Waals surface area contributed by atoms with E-state index in [2.05, 4.69) is 4.99 Å². The van der Waals surface area contributed by atoms with Crippen molar-refractivity contribution >= 4 is 16.9 Å². The van der Waals surface area contributed by atoms with Crippen LogP contribution < -0.4 is 4.74 Å². The van der Waals surface area contributed by atoms with Crippen molar-refractivity contribution in [2.75, 3.05) is 7.11 Å². The van der Waals surface area contributed by atoms with Crippen molar-refractivity contribution in [2.45, 2.75) is 13.0 Å². The van der Waals surface area contributed by atoms with E-state index in [1.165, 1.54) is 0 Å². The minimum atomic E-state index is -0.154. The quantitative estimate of drug-likeness (QED) is 0.596. The zero-order valence-electron chi connectivity index (χ0n) is 9.81.